The number of ether oxygens (including phenoxy) is 1. The predicted octanol–water partition coefficient (Wildman–Crippen LogP) is -2.40. The van der Waals surface area contributed by atoms with Gasteiger partial charge in [-0.1, -0.05) is 0 Å². The highest BCUT2D eigenvalue weighted by Crippen LogP contribution is 2.23. The van der Waals surface area contributed by atoms with Gasteiger partial charge in [-0.25, -0.2) is 0 Å². The molecular formula is C9H18O6. The van der Waals surface area contributed by atoms with Crippen molar-refractivity contribution in [2.75, 3.05) is 13.2 Å². The first kappa shape index (κ1) is 12.8. The summed E-state index contributed by atoms with van der Waals surface area (Å²) in [6.45, 7) is -0.758. The second kappa shape index (κ2) is 5.74. The number of hydrogen-bond acceptors (Lipinski definition) is 6. The van der Waals surface area contributed by atoms with Crippen LogP contribution in [0.15, 0.2) is 0 Å². The molecular weight excluding hydrogens is 204 g/mol. The minimum Gasteiger partial charge on any atom is -0.394 e. The standard InChI is InChI=1S/C9H18O6/c10-3-5(12)1-6-2-7(13)9(14)8(4-11)15-6/h5-14H,1-4H2/t5-,6-,7-,8-,9+/m1/s1. The van der Waals surface area contributed by atoms with Crippen molar-refractivity contribution >= 4 is 0 Å². The summed E-state index contributed by atoms with van der Waals surface area (Å²) in [6.07, 6.45) is -3.89. The van der Waals surface area contributed by atoms with E-state index >= 15 is 0 Å². The molecule has 5 atom stereocenters. The quantitative estimate of drug-likeness (QED) is 0.363. The van der Waals surface area contributed by atoms with E-state index in [-0.39, 0.29) is 26.1 Å². The first-order valence-corrected chi connectivity index (χ1v) is 4.99. The highest BCUT2D eigenvalue weighted by atomic mass is 16.5. The largest absolute Gasteiger partial charge is 0.394 e. The van der Waals surface area contributed by atoms with Crippen molar-refractivity contribution in [1.82, 2.24) is 0 Å². The highest BCUT2D eigenvalue weighted by molar-refractivity contribution is 4.85. The summed E-state index contributed by atoms with van der Waals surface area (Å²) < 4.78 is 5.26. The van der Waals surface area contributed by atoms with Crippen LogP contribution in [-0.2, 0) is 4.74 Å². The summed E-state index contributed by atoms with van der Waals surface area (Å²) in [5.74, 6) is 0. The Balaban J connectivity index is 2.47. The molecule has 0 unspecified atom stereocenters. The van der Waals surface area contributed by atoms with Crippen molar-refractivity contribution in [2.45, 2.75) is 43.4 Å². The Bertz CT molecular complexity index is 185. The molecule has 0 bridgehead atoms. The molecule has 1 fully saturated rings. The van der Waals surface area contributed by atoms with E-state index in [1.54, 1.807) is 0 Å². The van der Waals surface area contributed by atoms with Crippen LogP contribution < -0.4 is 0 Å². The molecule has 0 spiro atoms. The molecule has 6 nitrogen and oxygen atoms in total. The van der Waals surface area contributed by atoms with Crippen molar-refractivity contribution < 1.29 is 30.3 Å². The van der Waals surface area contributed by atoms with Crippen LogP contribution in [0.3, 0.4) is 0 Å². The van der Waals surface area contributed by atoms with E-state index < -0.39 is 30.5 Å². The van der Waals surface area contributed by atoms with Crippen LogP contribution in [0.1, 0.15) is 12.8 Å². The van der Waals surface area contributed by atoms with E-state index in [2.05, 4.69) is 0 Å². The molecule has 1 aliphatic heterocycles. The third kappa shape index (κ3) is 3.37. The average Bonchev–Trinajstić information content (AvgIpc) is 2.22. The van der Waals surface area contributed by atoms with Crippen molar-refractivity contribution in [2.24, 2.45) is 0 Å². The van der Waals surface area contributed by atoms with E-state index in [1.807, 2.05) is 0 Å². The third-order valence-electron chi connectivity index (χ3n) is 2.57. The van der Waals surface area contributed by atoms with Crippen molar-refractivity contribution in [1.29, 1.82) is 0 Å². The first-order valence-electron chi connectivity index (χ1n) is 4.99. The zero-order chi connectivity index (χ0) is 11.4. The lowest BCUT2D eigenvalue weighted by atomic mass is 9.95. The third-order valence-corrected chi connectivity index (χ3v) is 2.57. The molecule has 0 aromatic rings. The van der Waals surface area contributed by atoms with E-state index in [0.717, 1.165) is 0 Å². The lowest BCUT2D eigenvalue weighted by molar-refractivity contribution is -0.186. The summed E-state index contributed by atoms with van der Waals surface area (Å²) in [5, 5.41) is 45.6. The lowest BCUT2D eigenvalue weighted by Crippen LogP contribution is -2.50. The Hall–Kier alpha value is -0.240. The van der Waals surface area contributed by atoms with Gasteiger partial charge in [-0.15, -0.1) is 0 Å². The van der Waals surface area contributed by atoms with Crippen LogP contribution in [0.25, 0.3) is 0 Å². The molecule has 1 heterocycles. The van der Waals surface area contributed by atoms with Crippen LogP contribution >= 0.6 is 0 Å². The average molecular weight is 222 g/mol. The minimum absolute atomic E-state index is 0.177. The molecule has 0 aliphatic carbocycles. The Morgan fingerprint density at radius 3 is 2.47 bits per heavy atom. The Kier molecular flexibility index (Phi) is 4.91. The molecule has 0 aromatic heterocycles. The molecule has 1 rings (SSSR count). The van der Waals surface area contributed by atoms with E-state index in [4.69, 9.17) is 14.9 Å². The van der Waals surface area contributed by atoms with E-state index in [0.29, 0.717) is 0 Å². The maximum atomic E-state index is 9.45. The van der Waals surface area contributed by atoms with Gasteiger partial charge in [-0.05, 0) is 0 Å². The minimum atomic E-state index is -1.10. The fourth-order valence-corrected chi connectivity index (χ4v) is 1.72. The summed E-state index contributed by atoms with van der Waals surface area (Å²) in [6, 6.07) is 0. The van der Waals surface area contributed by atoms with Crippen LogP contribution in [-0.4, -0.2) is 69.3 Å². The summed E-state index contributed by atoms with van der Waals surface area (Å²) >= 11 is 0. The zero-order valence-electron chi connectivity index (χ0n) is 8.36. The number of rotatable bonds is 4. The van der Waals surface area contributed by atoms with Gasteiger partial charge in [-0.2, -0.15) is 0 Å². The first-order chi connectivity index (χ1) is 7.08. The molecule has 0 saturated carbocycles. The fourth-order valence-electron chi connectivity index (χ4n) is 1.72. The molecule has 5 N–H and O–H groups in total. The second-order valence-corrected chi connectivity index (χ2v) is 3.84. The van der Waals surface area contributed by atoms with E-state index in [1.165, 1.54) is 0 Å². The van der Waals surface area contributed by atoms with Gasteiger partial charge in [-0.3, -0.25) is 0 Å². The van der Waals surface area contributed by atoms with Gasteiger partial charge in [0.2, 0.25) is 0 Å². The van der Waals surface area contributed by atoms with Gasteiger partial charge in [0.15, 0.2) is 0 Å². The van der Waals surface area contributed by atoms with Crippen LogP contribution in [0.5, 0.6) is 0 Å². The summed E-state index contributed by atoms with van der Waals surface area (Å²) in [7, 11) is 0. The summed E-state index contributed by atoms with van der Waals surface area (Å²) in [4.78, 5) is 0. The van der Waals surface area contributed by atoms with Gasteiger partial charge in [0, 0.05) is 12.8 Å². The molecule has 0 amide bonds. The lowest BCUT2D eigenvalue weighted by Gasteiger charge is -2.36. The van der Waals surface area contributed by atoms with E-state index in [9.17, 15) is 15.3 Å². The smallest absolute Gasteiger partial charge is 0.109 e. The maximum Gasteiger partial charge on any atom is 0.109 e. The molecule has 1 aliphatic rings. The highest BCUT2D eigenvalue weighted by Gasteiger charge is 2.36. The maximum absolute atomic E-state index is 9.45. The molecule has 15 heavy (non-hydrogen) atoms. The van der Waals surface area contributed by atoms with Crippen LogP contribution in [0.2, 0.25) is 0 Å². The molecule has 0 aromatic carbocycles. The van der Waals surface area contributed by atoms with Gasteiger partial charge in [0.05, 0.1) is 31.5 Å². The number of aliphatic hydroxyl groups excluding tert-OH is 5. The Labute approximate surface area is 87.7 Å². The van der Waals surface area contributed by atoms with Crippen molar-refractivity contribution in [3.63, 3.8) is 0 Å². The van der Waals surface area contributed by atoms with Gasteiger partial charge < -0.3 is 30.3 Å². The predicted molar refractivity (Wildman–Crippen MR) is 50.1 cm³/mol. The van der Waals surface area contributed by atoms with Gasteiger partial charge in [0.25, 0.3) is 0 Å². The fraction of sp³-hybridized carbons (Fsp3) is 1.00. The van der Waals surface area contributed by atoms with Crippen molar-refractivity contribution in [3.8, 4) is 0 Å². The SMILES string of the molecule is OC[C@H](O)C[C@@H]1C[C@@H](O)[C@H](O)[C@@H](CO)O1. The molecule has 90 valence electrons. The normalized spacial score (nSPS) is 39.0. The van der Waals surface area contributed by atoms with Crippen LogP contribution in [0.4, 0.5) is 0 Å². The molecule has 6 heteroatoms. The second-order valence-electron chi connectivity index (χ2n) is 3.84. The van der Waals surface area contributed by atoms with Gasteiger partial charge >= 0.3 is 0 Å². The topological polar surface area (TPSA) is 110 Å². The number of hydrogen-bond donors (Lipinski definition) is 5. The summed E-state index contributed by atoms with van der Waals surface area (Å²) in [5.41, 5.74) is 0. The Morgan fingerprint density at radius 2 is 1.93 bits per heavy atom. The van der Waals surface area contributed by atoms with Crippen molar-refractivity contribution in [3.05, 3.63) is 0 Å². The Morgan fingerprint density at radius 1 is 1.27 bits per heavy atom. The molecule has 1 saturated heterocycles. The number of aliphatic hydroxyl groups is 5. The zero-order valence-corrected chi connectivity index (χ0v) is 8.36. The monoisotopic (exact) mass is 222 g/mol. The molecule has 0 radical (unpaired) electrons. The van der Waals surface area contributed by atoms with Crippen LogP contribution in [0, 0.1) is 0 Å². The van der Waals surface area contributed by atoms with Gasteiger partial charge in [0.1, 0.15) is 12.2 Å².